The first-order valence-electron chi connectivity index (χ1n) is 9.19. The van der Waals surface area contributed by atoms with Crippen LogP contribution in [0.5, 0.6) is 0 Å². The number of nitrogens with zero attached hydrogens (tertiary/aromatic N) is 3. The average molecular weight is 368 g/mol. The number of hydrogen-bond acceptors (Lipinski definition) is 4. The van der Waals surface area contributed by atoms with Crippen LogP contribution in [0.2, 0.25) is 0 Å². The number of aromatic nitrogens is 3. The van der Waals surface area contributed by atoms with E-state index in [1.807, 2.05) is 63.8 Å². The van der Waals surface area contributed by atoms with Crippen LogP contribution in [-0.2, 0) is 29.7 Å². The molecular formula is C21H28N4O2. The van der Waals surface area contributed by atoms with Gasteiger partial charge in [-0.3, -0.25) is 4.79 Å². The molecule has 1 aromatic carbocycles. The van der Waals surface area contributed by atoms with E-state index >= 15 is 0 Å². The predicted molar refractivity (Wildman–Crippen MR) is 106 cm³/mol. The highest BCUT2D eigenvalue weighted by atomic mass is 16.6. The van der Waals surface area contributed by atoms with E-state index in [0.717, 1.165) is 27.7 Å². The van der Waals surface area contributed by atoms with E-state index < -0.39 is 5.60 Å². The van der Waals surface area contributed by atoms with E-state index in [0.29, 0.717) is 13.1 Å². The van der Waals surface area contributed by atoms with Crippen molar-refractivity contribution in [3.63, 3.8) is 0 Å². The first kappa shape index (κ1) is 19.2. The first-order valence-corrected chi connectivity index (χ1v) is 9.19. The van der Waals surface area contributed by atoms with E-state index in [9.17, 15) is 4.79 Å². The summed E-state index contributed by atoms with van der Waals surface area (Å²) in [6, 6.07) is 6.14. The SMILES string of the molecule is CC(C(=O)OC(C)(C)C)c1cn(Cc2cn(C)cn2)c2cc(CN)ccc12. The highest BCUT2D eigenvalue weighted by Crippen LogP contribution is 2.31. The van der Waals surface area contributed by atoms with Crippen LogP contribution in [0.1, 0.15) is 50.4 Å². The molecule has 0 amide bonds. The lowest BCUT2D eigenvalue weighted by Gasteiger charge is -2.22. The summed E-state index contributed by atoms with van der Waals surface area (Å²) < 4.78 is 9.65. The van der Waals surface area contributed by atoms with Crippen molar-refractivity contribution in [1.82, 2.24) is 14.1 Å². The fraction of sp³-hybridized carbons (Fsp3) is 0.429. The zero-order valence-electron chi connectivity index (χ0n) is 16.7. The summed E-state index contributed by atoms with van der Waals surface area (Å²) in [6.07, 6.45) is 5.82. The largest absolute Gasteiger partial charge is 0.460 e. The minimum Gasteiger partial charge on any atom is -0.460 e. The number of carbonyl (C=O) groups excluding carboxylic acids is 1. The zero-order valence-corrected chi connectivity index (χ0v) is 16.7. The summed E-state index contributed by atoms with van der Waals surface area (Å²) >= 11 is 0. The molecule has 6 heteroatoms. The molecular weight excluding hydrogens is 340 g/mol. The molecule has 2 aromatic heterocycles. The summed E-state index contributed by atoms with van der Waals surface area (Å²) in [7, 11) is 1.95. The van der Waals surface area contributed by atoms with Crippen LogP contribution in [0.15, 0.2) is 36.9 Å². The Bertz CT molecular complexity index is 962. The number of rotatable bonds is 5. The van der Waals surface area contributed by atoms with Gasteiger partial charge in [-0.1, -0.05) is 12.1 Å². The molecule has 0 fully saturated rings. The normalized spacial score (nSPS) is 13.1. The predicted octanol–water partition coefficient (Wildman–Crippen LogP) is 3.33. The average Bonchev–Trinajstić information content (AvgIpc) is 3.16. The second kappa shape index (κ2) is 7.19. The molecule has 144 valence electrons. The molecule has 27 heavy (non-hydrogen) atoms. The quantitative estimate of drug-likeness (QED) is 0.701. The van der Waals surface area contributed by atoms with Crippen molar-refractivity contribution in [3.8, 4) is 0 Å². The maximum atomic E-state index is 12.6. The Kier molecular flexibility index (Phi) is 5.11. The summed E-state index contributed by atoms with van der Waals surface area (Å²) in [5.74, 6) is -0.581. The molecule has 3 aromatic rings. The van der Waals surface area contributed by atoms with Crippen molar-refractivity contribution in [2.24, 2.45) is 12.8 Å². The third-order valence-corrected chi connectivity index (χ3v) is 4.53. The highest BCUT2D eigenvalue weighted by molar-refractivity contribution is 5.90. The van der Waals surface area contributed by atoms with Gasteiger partial charge in [-0.2, -0.15) is 0 Å². The van der Waals surface area contributed by atoms with Crippen LogP contribution in [0.3, 0.4) is 0 Å². The van der Waals surface area contributed by atoms with Crippen LogP contribution in [0, 0.1) is 0 Å². The van der Waals surface area contributed by atoms with Gasteiger partial charge >= 0.3 is 5.97 Å². The Morgan fingerprint density at radius 3 is 2.63 bits per heavy atom. The summed E-state index contributed by atoms with van der Waals surface area (Å²) in [5, 5.41) is 1.04. The number of ether oxygens (including phenoxy) is 1. The Labute approximate surface area is 159 Å². The molecule has 3 rings (SSSR count). The molecule has 0 saturated carbocycles. The fourth-order valence-electron chi connectivity index (χ4n) is 3.21. The molecule has 2 heterocycles. The van der Waals surface area contributed by atoms with E-state index in [4.69, 9.17) is 10.5 Å². The van der Waals surface area contributed by atoms with Gasteiger partial charge in [0.1, 0.15) is 5.60 Å². The summed E-state index contributed by atoms with van der Waals surface area (Å²) in [5.41, 5.74) is 9.35. The van der Waals surface area contributed by atoms with Gasteiger partial charge in [0.2, 0.25) is 0 Å². The topological polar surface area (TPSA) is 75.1 Å². The van der Waals surface area contributed by atoms with Crippen LogP contribution < -0.4 is 5.73 Å². The number of esters is 1. The Balaban J connectivity index is 2.03. The maximum absolute atomic E-state index is 12.6. The third-order valence-electron chi connectivity index (χ3n) is 4.53. The smallest absolute Gasteiger partial charge is 0.313 e. The number of imidazole rings is 1. The molecule has 1 unspecified atom stereocenters. The van der Waals surface area contributed by atoms with E-state index in [-0.39, 0.29) is 11.9 Å². The Morgan fingerprint density at radius 2 is 2.04 bits per heavy atom. The Morgan fingerprint density at radius 1 is 1.30 bits per heavy atom. The van der Waals surface area contributed by atoms with E-state index in [2.05, 4.69) is 15.6 Å². The zero-order chi connectivity index (χ0) is 19.8. The minimum atomic E-state index is -0.510. The van der Waals surface area contributed by atoms with Crippen molar-refractivity contribution in [2.45, 2.75) is 52.3 Å². The summed E-state index contributed by atoms with van der Waals surface area (Å²) in [4.78, 5) is 17.1. The molecule has 0 radical (unpaired) electrons. The number of nitrogens with two attached hydrogens (primary N) is 1. The van der Waals surface area contributed by atoms with Gasteiger partial charge in [0, 0.05) is 36.9 Å². The van der Waals surface area contributed by atoms with Crippen LogP contribution >= 0.6 is 0 Å². The fourth-order valence-corrected chi connectivity index (χ4v) is 3.21. The monoisotopic (exact) mass is 368 g/mol. The second-order valence-electron chi connectivity index (χ2n) is 8.05. The number of fused-ring (bicyclic) bond motifs is 1. The number of aryl methyl sites for hydroxylation is 1. The van der Waals surface area contributed by atoms with Gasteiger partial charge < -0.3 is 19.6 Å². The van der Waals surface area contributed by atoms with Crippen molar-refractivity contribution in [3.05, 3.63) is 53.7 Å². The molecule has 0 saturated heterocycles. The van der Waals surface area contributed by atoms with Gasteiger partial charge in [-0.15, -0.1) is 0 Å². The van der Waals surface area contributed by atoms with Crippen molar-refractivity contribution in [1.29, 1.82) is 0 Å². The van der Waals surface area contributed by atoms with E-state index in [1.165, 1.54) is 0 Å². The van der Waals surface area contributed by atoms with Gasteiger partial charge in [0.05, 0.1) is 24.5 Å². The maximum Gasteiger partial charge on any atom is 0.313 e. The molecule has 0 bridgehead atoms. The molecule has 0 spiro atoms. The lowest BCUT2D eigenvalue weighted by Crippen LogP contribution is -2.26. The van der Waals surface area contributed by atoms with Crippen LogP contribution in [0.25, 0.3) is 10.9 Å². The molecule has 2 N–H and O–H groups in total. The van der Waals surface area contributed by atoms with Crippen molar-refractivity contribution in [2.75, 3.05) is 0 Å². The number of carbonyl (C=O) groups is 1. The van der Waals surface area contributed by atoms with Crippen molar-refractivity contribution >= 4 is 16.9 Å². The van der Waals surface area contributed by atoms with E-state index in [1.54, 1.807) is 6.33 Å². The van der Waals surface area contributed by atoms with Crippen LogP contribution in [0.4, 0.5) is 0 Å². The molecule has 0 aliphatic carbocycles. The number of benzene rings is 1. The summed E-state index contributed by atoms with van der Waals surface area (Å²) in [6.45, 7) is 8.65. The number of hydrogen-bond donors (Lipinski definition) is 1. The second-order valence-corrected chi connectivity index (χ2v) is 8.05. The first-order chi connectivity index (χ1) is 12.7. The van der Waals surface area contributed by atoms with Gasteiger partial charge in [0.15, 0.2) is 0 Å². The van der Waals surface area contributed by atoms with Crippen LogP contribution in [-0.4, -0.2) is 25.7 Å². The molecule has 1 atom stereocenters. The highest BCUT2D eigenvalue weighted by Gasteiger charge is 2.26. The Hall–Kier alpha value is -2.60. The van der Waals surface area contributed by atoms with Gasteiger partial charge in [0.25, 0.3) is 0 Å². The molecule has 0 aliphatic rings. The molecule has 0 aliphatic heterocycles. The van der Waals surface area contributed by atoms with Crippen molar-refractivity contribution < 1.29 is 9.53 Å². The molecule has 6 nitrogen and oxygen atoms in total. The lowest BCUT2D eigenvalue weighted by atomic mass is 9.99. The standard InChI is InChI=1S/C21H28N4O2/c1-14(20(26)27-21(2,3)4)18-12-25(11-16-10-24(5)13-23-16)19-8-15(9-22)6-7-17(18)19/h6-8,10,12-14H,9,11,22H2,1-5H3. The lowest BCUT2D eigenvalue weighted by molar-refractivity contribution is -0.156. The third kappa shape index (κ3) is 4.22. The minimum absolute atomic E-state index is 0.220. The van der Waals surface area contributed by atoms with Gasteiger partial charge in [-0.05, 0) is 44.9 Å². The van der Waals surface area contributed by atoms with Gasteiger partial charge in [-0.25, -0.2) is 4.98 Å².